The molecule has 0 spiro atoms. The van der Waals surface area contributed by atoms with E-state index in [1.54, 1.807) is 0 Å². The molecular formula is C20H16N2O3. The molecule has 2 aromatic carbocycles. The molecule has 0 fully saturated rings. The molecular weight excluding hydrogens is 316 g/mol. The highest BCUT2D eigenvalue weighted by Gasteiger charge is 2.30. The fourth-order valence-corrected chi connectivity index (χ4v) is 3.32. The van der Waals surface area contributed by atoms with E-state index < -0.39 is 17.2 Å². The first-order valence-electron chi connectivity index (χ1n) is 7.95. The highest BCUT2D eigenvalue weighted by molar-refractivity contribution is 5.97. The number of aromatic hydroxyl groups is 1. The van der Waals surface area contributed by atoms with Crippen molar-refractivity contribution in [2.24, 2.45) is 7.05 Å². The molecule has 5 nitrogen and oxygen atoms in total. The van der Waals surface area contributed by atoms with Crippen LogP contribution < -0.4 is 10.9 Å². The average Bonchev–Trinajstić information content (AvgIpc) is 2.94. The van der Waals surface area contributed by atoms with Crippen LogP contribution in [-0.4, -0.2) is 15.6 Å². The maximum atomic E-state index is 12.7. The van der Waals surface area contributed by atoms with Gasteiger partial charge in [0.25, 0.3) is 11.5 Å². The third-order valence-electron chi connectivity index (χ3n) is 4.60. The lowest BCUT2D eigenvalue weighted by atomic mass is 10.0. The molecule has 0 bridgehead atoms. The molecule has 1 aliphatic rings. The van der Waals surface area contributed by atoms with E-state index in [0.717, 1.165) is 22.3 Å². The van der Waals surface area contributed by atoms with E-state index in [1.807, 2.05) is 48.5 Å². The maximum Gasteiger partial charge on any atom is 0.293 e. The molecule has 1 aromatic heterocycles. The van der Waals surface area contributed by atoms with Crippen LogP contribution in [-0.2, 0) is 7.05 Å². The number of nitrogens with zero attached hydrogens (tertiary/aromatic N) is 1. The standard InChI is InChI=1S/C20H16N2O3/c1-22-11-10-16(18(23)20(22)25)19(24)21-17-14-8-4-2-6-12(14)13-7-3-5-9-15(13)17/h2-11,17,23H,1H3,(H,21,24). The molecule has 1 aliphatic carbocycles. The third-order valence-corrected chi connectivity index (χ3v) is 4.60. The zero-order valence-electron chi connectivity index (χ0n) is 13.6. The summed E-state index contributed by atoms with van der Waals surface area (Å²) in [5, 5.41) is 13.0. The number of aromatic nitrogens is 1. The number of hydrogen-bond acceptors (Lipinski definition) is 3. The Kier molecular flexibility index (Phi) is 3.42. The van der Waals surface area contributed by atoms with Gasteiger partial charge < -0.3 is 15.0 Å². The van der Waals surface area contributed by atoms with E-state index in [0.29, 0.717) is 0 Å². The summed E-state index contributed by atoms with van der Waals surface area (Å²) in [5.74, 6) is -1.02. The van der Waals surface area contributed by atoms with Crippen molar-refractivity contribution >= 4 is 5.91 Å². The van der Waals surface area contributed by atoms with Crippen molar-refractivity contribution in [1.82, 2.24) is 9.88 Å². The van der Waals surface area contributed by atoms with Gasteiger partial charge in [0, 0.05) is 13.2 Å². The molecule has 1 amide bonds. The Morgan fingerprint density at radius 1 is 1.00 bits per heavy atom. The smallest absolute Gasteiger partial charge is 0.293 e. The molecule has 5 heteroatoms. The van der Waals surface area contributed by atoms with Gasteiger partial charge in [0.15, 0.2) is 5.75 Å². The summed E-state index contributed by atoms with van der Waals surface area (Å²) in [6.07, 6.45) is 1.47. The topological polar surface area (TPSA) is 71.3 Å². The number of aryl methyl sites for hydroxylation is 1. The van der Waals surface area contributed by atoms with Crippen LogP contribution in [0.15, 0.2) is 65.6 Å². The van der Waals surface area contributed by atoms with Gasteiger partial charge in [-0.25, -0.2) is 0 Å². The number of benzene rings is 2. The van der Waals surface area contributed by atoms with E-state index in [9.17, 15) is 14.7 Å². The minimum Gasteiger partial charge on any atom is -0.502 e. The number of carbonyl (C=O) groups excluding carboxylic acids is 1. The van der Waals surface area contributed by atoms with Gasteiger partial charge in [-0.15, -0.1) is 0 Å². The number of fused-ring (bicyclic) bond motifs is 3. The minimum atomic E-state index is -0.597. The Morgan fingerprint density at radius 2 is 1.56 bits per heavy atom. The summed E-state index contributed by atoms with van der Waals surface area (Å²) in [5.41, 5.74) is 3.54. The van der Waals surface area contributed by atoms with E-state index in [4.69, 9.17) is 0 Å². The lowest BCUT2D eigenvalue weighted by molar-refractivity contribution is 0.0940. The van der Waals surface area contributed by atoms with Crippen molar-refractivity contribution in [2.75, 3.05) is 0 Å². The molecule has 0 unspecified atom stereocenters. The van der Waals surface area contributed by atoms with Crippen molar-refractivity contribution in [3.05, 3.63) is 87.8 Å². The molecule has 124 valence electrons. The van der Waals surface area contributed by atoms with Crippen molar-refractivity contribution < 1.29 is 9.90 Å². The number of hydrogen-bond donors (Lipinski definition) is 2. The van der Waals surface area contributed by atoms with Crippen molar-refractivity contribution in [1.29, 1.82) is 0 Å². The van der Waals surface area contributed by atoms with Gasteiger partial charge in [-0.1, -0.05) is 48.5 Å². The van der Waals surface area contributed by atoms with Gasteiger partial charge in [-0.05, 0) is 28.3 Å². The highest BCUT2D eigenvalue weighted by Crippen LogP contribution is 2.43. The summed E-state index contributed by atoms with van der Waals surface area (Å²) in [4.78, 5) is 24.5. The lowest BCUT2D eigenvalue weighted by Gasteiger charge is -2.16. The van der Waals surface area contributed by atoms with Crippen LogP contribution in [0.25, 0.3) is 11.1 Å². The second kappa shape index (κ2) is 5.63. The highest BCUT2D eigenvalue weighted by atomic mass is 16.3. The summed E-state index contributed by atoms with van der Waals surface area (Å²) < 4.78 is 1.23. The number of amides is 1. The van der Waals surface area contributed by atoms with Crippen LogP contribution in [0.4, 0.5) is 0 Å². The first kappa shape index (κ1) is 15.2. The number of rotatable bonds is 2. The Bertz CT molecular complexity index is 1010. The maximum absolute atomic E-state index is 12.7. The van der Waals surface area contributed by atoms with E-state index >= 15 is 0 Å². The molecule has 2 N–H and O–H groups in total. The average molecular weight is 332 g/mol. The van der Waals surface area contributed by atoms with Crippen LogP contribution in [0.5, 0.6) is 5.75 Å². The van der Waals surface area contributed by atoms with Crippen LogP contribution in [0.2, 0.25) is 0 Å². The van der Waals surface area contributed by atoms with Crippen molar-refractivity contribution in [3.8, 4) is 16.9 Å². The van der Waals surface area contributed by atoms with Gasteiger partial charge in [0.05, 0.1) is 11.6 Å². The quantitative estimate of drug-likeness (QED) is 0.758. The first-order chi connectivity index (χ1) is 12.1. The summed E-state index contributed by atoms with van der Waals surface area (Å²) >= 11 is 0. The minimum absolute atomic E-state index is 0.0232. The zero-order chi connectivity index (χ0) is 17.6. The number of carbonyl (C=O) groups is 1. The molecule has 4 rings (SSSR count). The van der Waals surface area contributed by atoms with Crippen LogP contribution >= 0.6 is 0 Å². The molecule has 0 saturated carbocycles. The Labute approximate surface area is 144 Å². The fourth-order valence-electron chi connectivity index (χ4n) is 3.32. The predicted octanol–water partition coefficient (Wildman–Crippen LogP) is 2.59. The number of nitrogens with one attached hydrogen (secondary N) is 1. The molecule has 1 heterocycles. The van der Waals surface area contributed by atoms with Crippen LogP contribution in [0.3, 0.4) is 0 Å². The van der Waals surface area contributed by atoms with E-state index in [1.165, 1.54) is 23.9 Å². The summed E-state index contributed by atoms with van der Waals surface area (Å²) in [6, 6.07) is 16.9. The second-order valence-corrected chi connectivity index (χ2v) is 6.08. The van der Waals surface area contributed by atoms with Gasteiger partial charge in [-0.3, -0.25) is 9.59 Å². The lowest BCUT2D eigenvalue weighted by Crippen LogP contribution is -2.30. The SMILES string of the molecule is Cn1ccc(C(=O)NC2c3ccccc3-c3ccccc32)c(O)c1=O. The van der Waals surface area contributed by atoms with E-state index in [2.05, 4.69) is 5.32 Å². The molecule has 25 heavy (non-hydrogen) atoms. The Hall–Kier alpha value is -3.34. The summed E-state index contributed by atoms with van der Waals surface area (Å²) in [7, 11) is 1.52. The van der Waals surface area contributed by atoms with Crippen molar-refractivity contribution in [2.45, 2.75) is 6.04 Å². The first-order valence-corrected chi connectivity index (χ1v) is 7.95. The largest absolute Gasteiger partial charge is 0.502 e. The molecule has 0 saturated heterocycles. The molecule has 0 radical (unpaired) electrons. The monoisotopic (exact) mass is 332 g/mol. The predicted molar refractivity (Wildman–Crippen MR) is 94.5 cm³/mol. The van der Waals surface area contributed by atoms with Gasteiger partial charge >= 0.3 is 0 Å². The van der Waals surface area contributed by atoms with Gasteiger partial charge in [0.1, 0.15) is 0 Å². The summed E-state index contributed by atoms with van der Waals surface area (Å²) in [6.45, 7) is 0. The van der Waals surface area contributed by atoms with Crippen LogP contribution in [0.1, 0.15) is 27.5 Å². The number of pyridine rings is 1. The molecule has 0 aliphatic heterocycles. The second-order valence-electron chi connectivity index (χ2n) is 6.08. The fraction of sp³-hybridized carbons (Fsp3) is 0.100. The molecule has 0 atom stereocenters. The van der Waals surface area contributed by atoms with Gasteiger partial charge in [-0.2, -0.15) is 0 Å². The Morgan fingerprint density at radius 3 is 2.16 bits per heavy atom. The van der Waals surface area contributed by atoms with Gasteiger partial charge in [0.2, 0.25) is 0 Å². The Balaban J connectivity index is 1.75. The zero-order valence-corrected chi connectivity index (χ0v) is 13.6. The van der Waals surface area contributed by atoms with Crippen molar-refractivity contribution in [3.63, 3.8) is 0 Å². The third kappa shape index (κ3) is 2.32. The van der Waals surface area contributed by atoms with E-state index in [-0.39, 0.29) is 11.6 Å². The van der Waals surface area contributed by atoms with Crippen LogP contribution in [0, 0.1) is 0 Å². The normalized spacial score (nSPS) is 12.5. The molecule has 3 aromatic rings.